The molecule has 1 aromatic heterocycles. The molecule has 0 saturated carbocycles. The van der Waals surface area contributed by atoms with Gasteiger partial charge in [0.2, 0.25) is 0 Å². The Bertz CT molecular complexity index is 602. The van der Waals surface area contributed by atoms with Gasteiger partial charge in [-0.3, -0.25) is 5.32 Å². The molecule has 2 aromatic rings. The number of hydrogen-bond donors (Lipinski definition) is 2. The van der Waals surface area contributed by atoms with Crippen molar-refractivity contribution in [1.29, 1.82) is 0 Å². The van der Waals surface area contributed by atoms with Crippen molar-refractivity contribution in [2.24, 2.45) is 0 Å². The third kappa shape index (κ3) is 4.45. The van der Waals surface area contributed by atoms with Crippen molar-refractivity contribution in [2.75, 3.05) is 17.2 Å². The number of carbonyl (C=O) groups is 1. The molecule has 0 aliphatic heterocycles. The number of anilines is 2. The molecule has 110 valence electrons. The van der Waals surface area contributed by atoms with Crippen molar-refractivity contribution in [3.05, 3.63) is 54.0 Å². The molecule has 0 aliphatic rings. The molecule has 6 heteroatoms. The fourth-order valence-corrected chi connectivity index (χ4v) is 1.68. The van der Waals surface area contributed by atoms with Gasteiger partial charge >= 0.3 is 6.09 Å². The van der Waals surface area contributed by atoms with Gasteiger partial charge in [0.05, 0.1) is 18.5 Å². The van der Waals surface area contributed by atoms with Crippen LogP contribution in [0.25, 0.3) is 0 Å². The van der Waals surface area contributed by atoms with Gasteiger partial charge in [0, 0.05) is 12.1 Å². The quantitative estimate of drug-likeness (QED) is 0.885. The number of nitrogens with zero attached hydrogens (tertiary/aromatic N) is 1. The maximum Gasteiger partial charge on any atom is 0.412 e. The van der Waals surface area contributed by atoms with Crippen molar-refractivity contribution >= 4 is 17.6 Å². The first-order valence-electron chi connectivity index (χ1n) is 6.56. The minimum atomic E-state index is -0.544. The zero-order valence-corrected chi connectivity index (χ0v) is 11.6. The van der Waals surface area contributed by atoms with Gasteiger partial charge in [-0.2, -0.15) is 0 Å². The standard InChI is InChI=1S/C15H16FN3O2/c1-2-21-15(20)19-14-8-7-12(10-18-14)17-9-11-5-3-4-6-13(11)16/h3-8,10,17H,2,9H2,1H3,(H,18,19,20). The van der Waals surface area contributed by atoms with Crippen LogP contribution in [0.15, 0.2) is 42.6 Å². The summed E-state index contributed by atoms with van der Waals surface area (Å²) >= 11 is 0. The van der Waals surface area contributed by atoms with Crippen LogP contribution in [0.5, 0.6) is 0 Å². The molecule has 2 rings (SSSR count). The maximum atomic E-state index is 13.5. The van der Waals surface area contributed by atoms with Crippen molar-refractivity contribution in [3.63, 3.8) is 0 Å². The van der Waals surface area contributed by atoms with Crippen LogP contribution < -0.4 is 10.6 Å². The number of benzene rings is 1. The zero-order chi connectivity index (χ0) is 15.1. The van der Waals surface area contributed by atoms with Crippen LogP contribution in [0.3, 0.4) is 0 Å². The minimum Gasteiger partial charge on any atom is -0.450 e. The highest BCUT2D eigenvalue weighted by atomic mass is 19.1. The van der Waals surface area contributed by atoms with E-state index in [1.165, 1.54) is 6.07 Å². The number of carbonyl (C=O) groups excluding carboxylic acids is 1. The number of amides is 1. The summed E-state index contributed by atoms with van der Waals surface area (Å²) in [4.78, 5) is 15.3. The third-order valence-corrected chi connectivity index (χ3v) is 2.71. The van der Waals surface area contributed by atoms with E-state index in [1.54, 1.807) is 43.5 Å². The SMILES string of the molecule is CCOC(=O)Nc1ccc(NCc2ccccc2F)cn1. The van der Waals surface area contributed by atoms with Gasteiger partial charge in [-0.25, -0.2) is 14.2 Å². The number of pyridine rings is 1. The van der Waals surface area contributed by atoms with Crippen molar-refractivity contribution in [2.45, 2.75) is 13.5 Å². The Kier molecular flexibility index (Phi) is 5.09. The highest BCUT2D eigenvalue weighted by Crippen LogP contribution is 2.13. The van der Waals surface area contributed by atoms with E-state index < -0.39 is 6.09 Å². The second-order valence-corrected chi connectivity index (χ2v) is 4.22. The number of ether oxygens (including phenoxy) is 1. The second-order valence-electron chi connectivity index (χ2n) is 4.22. The number of rotatable bonds is 5. The van der Waals surface area contributed by atoms with E-state index >= 15 is 0 Å². The number of halogens is 1. The Balaban J connectivity index is 1.91. The average molecular weight is 289 g/mol. The van der Waals surface area contributed by atoms with E-state index in [0.29, 0.717) is 24.5 Å². The van der Waals surface area contributed by atoms with Crippen LogP contribution in [0, 0.1) is 5.82 Å². The van der Waals surface area contributed by atoms with Crippen LogP contribution >= 0.6 is 0 Å². The zero-order valence-electron chi connectivity index (χ0n) is 11.6. The fourth-order valence-electron chi connectivity index (χ4n) is 1.68. The summed E-state index contributed by atoms with van der Waals surface area (Å²) in [6.45, 7) is 2.38. The molecule has 2 N–H and O–H groups in total. The van der Waals surface area contributed by atoms with Crippen LogP contribution in [0.2, 0.25) is 0 Å². The van der Waals surface area contributed by atoms with Gasteiger partial charge in [-0.1, -0.05) is 18.2 Å². The van der Waals surface area contributed by atoms with E-state index in [2.05, 4.69) is 15.6 Å². The molecule has 0 bridgehead atoms. The van der Waals surface area contributed by atoms with E-state index in [1.807, 2.05) is 0 Å². The maximum absolute atomic E-state index is 13.5. The lowest BCUT2D eigenvalue weighted by molar-refractivity contribution is 0.168. The molecule has 0 spiro atoms. The van der Waals surface area contributed by atoms with E-state index in [-0.39, 0.29) is 5.82 Å². The summed E-state index contributed by atoms with van der Waals surface area (Å²) in [6.07, 6.45) is 1.01. The lowest BCUT2D eigenvalue weighted by atomic mass is 10.2. The summed E-state index contributed by atoms with van der Waals surface area (Å²) in [5.41, 5.74) is 1.30. The van der Waals surface area contributed by atoms with Crippen molar-refractivity contribution < 1.29 is 13.9 Å². The highest BCUT2D eigenvalue weighted by molar-refractivity contribution is 5.83. The van der Waals surface area contributed by atoms with Crippen LogP contribution in [-0.4, -0.2) is 17.7 Å². The lowest BCUT2D eigenvalue weighted by Gasteiger charge is -2.08. The molecule has 21 heavy (non-hydrogen) atoms. The topological polar surface area (TPSA) is 63.2 Å². The van der Waals surface area contributed by atoms with Gasteiger partial charge in [-0.15, -0.1) is 0 Å². The Hall–Kier alpha value is -2.63. The first-order valence-corrected chi connectivity index (χ1v) is 6.56. The van der Waals surface area contributed by atoms with Gasteiger partial charge in [0.15, 0.2) is 0 Å². The molecule has 0 radical (unpaired) electrons. The van der Waals surface area contributed by atoms with Crippen molar-refractivity contribution in [1.82, 2.24) is 4.98 Å². The number of nitrogens with one attached hydrogen (secondary N) is 2. The van der Waals surface area contributed by atoms with E-state index in [4.69, 9.17) is 4.74 Å². The molecule has 5 nitrogen and oxygen atoms in total. The van der Waals surface area contributed by atoms with Crippen LogP contribution in [0.4, 0.5) is 20.7 Å². The van der Waals surface area contributed by atoms with Crippen LogP contribution in [0.1, 0.15) is 12.5 Å². The normalized spacial score (nSPS) is 10.0. The molecule has 1 amide bonds. The highest BCUT2D eigenvalue weighted by Gasteiger charge is 2.03. The predicted octanol–water partition coefficient (Wildman–Crippen LogP) is 3.40. The first-order chi connectivity index (χ1) is 10.2. The lowest BCUT2D eigenvalue weighted by Crippen LogP contribution is -2.14. The van der Waals surface area contributed by atoms with E-state index in [9.17, 15) is 9.18 Å². The Labute approximate surface area is 122 Å². The fraction of sp³-hybridized carbons (Fsp3) is 0.200. The summed E-state index contributed by atoms with van der Waals surface area (Å²) in [7, 11) is 0. The first kappa shape index (κ1) is 14.8. The summed E-state index contributed by atoms with van der Waals surface area (Å²) in [6, 6.07) is 9.95. The molecular weight excluding hydrogens is 273 g/mol. The number of hydrogen-bond acceptors (Lipinski definition) is 4. The summed E-state index contributed by atoms with van der Waals surface area (Å²) < 4.78 is 18.2. The van der Waals surface area contributed by atoms with Gasteiger partial charge < -0.3 is 10.1 Å². The Morgan fingerprint density at radius 1 is 1.29 bits per heavy atom. The Morgan fingerprint density at radius 3 is 2.76 bits per heavy atom. The van der Waals surface area contributed by atoms with Gasteiger partial charge in [0.1, 0.15) is 11.6 Å². The third-order valence-electron chi connectivity index (χ3n) is 2.71. The van der Waals surface area contributed by atoms with Gasteiger partial charge in [-0.05, 0) is 25.1 Å². The molecule has 0 atom stereocenters. The molecule has 0 unspecified atom stereocenters. The molecule has 0 aliphatic carbocycles. The smallest absolute Gasteiger partial charge is 0.412 e. The largest absolute Gasteiger partial charge is 0.450 e. The van der Waals surface area contributed by atoms with Crippen molar-refractivity contribution in [3.8, 4) is 0 Å². The average Bonchev–Trinajstić information content (AvgIpc) is 2.48. The molecule has 1 heterocycles. The Morgan fingerprint density at radius 2 is 2.10 bits per heavy atom. The molecule has 1 aromatic carbocycles. The van der Waals surface area contributed by atoms with E-state index in [0.717, 1.165) is 5.69 Å². The monoisotopic (exact) mass is 289 g/mol. The number of aromatic nitrogens is 1. The molecule has 0 fully saturated rings. The molecule has 0 saturated heterocycles. The summed E-state index contributed by atoms with van der Waals surface area (Å²) in [5, 5.41) is 5.55. The minimum absolute atomic E-state index is 0.251. The second kappa shape index (κ2) is 7.23. The van der Waals surface area contributed by atoms with Gasteiger partial charge in [0.25, 0.3) is 0 Å². The summed E-state index contributed by atoms with van der Waals surface area (Å²) in [5.74, 6) is 0.142. The van der Waals surface area contributed by atoms with Crippen LogP contribution in [-0.2, 0) is 11.3 Å². The molecular formula is C15H16FN3O2. The predicted molar refractivity (Wildman–Crippen MR) is 78.6 cm³/mol.